The molecule has 23 heavy (non-hydrogen) atoms. The maximum Gasteiger partial charge on any atom is 0.233 e. The second kappa shape index (κ2) is 6.44. The van der Waals surface area contributed by atoms with E-state index < -0.39 is 0 Å². The topological polar surface area (TPSA) is 75.2 Å². The first-order chi connectivity index (χ1) is 11.1. The SMILES string of the molecule is CO[C@H]1C[C@H](c2nnc(C)o2)N(Cc2cc(F)ccc2C#N)C1. The molecule has 1 aliphatic heterocycles. The van der Waals surface area contributed by atoms with E-state index in [1.807, 2.05) is 0 Å². The van der Waals surface area contributed by atoms with Crippen LogP contribution in [0.4, 0.5) is 4.39 Å². The quantitative estimate of drug-likeness (QED) is 0.862. The number of benzene rings is 1. The molecule has 1 aromatic heterocycles. The summed E-state index contributed by atoms with van der Waals surface area (Å²) in [6.07, 6.45) is 0.751. The van der Waals surface area contributed by atoms with E-state index in [1.165, 1.54) is 18.2 Å². The maximum absolute atomic E-state index is 13.5. The molecular weight excluding hydrogens is 299 g/mol. The lowest BCUT2D eigenvalue weighted by atomic mass is 10.1. The first-order valence-electron chi connectivity index (χ1n) is 7.36. The van der Waals surface area contributed by atoms with Gasteiger partial charge in [0.15, 0.2) is 0 Å². The van der Waals surface area contributed by atoms with Crippen LogP contribution >= 0.6 is 0 Å². The third-order valence-corrected chi connectivity index (χ3v) is 4.09. The lowest BCUT2D eigenvalue weighted by Crippen LogP contribution is -2.25. The fraction of sp³-hybridized carbons (Fsp3) is 0.438. The van der Waals surface area contributed by atoms with Gasteiger partial charge >= 0.3 is 0 Å². The van der Waals surface area contributed by atoms with Crippen LogP contribution in [-0.4, -0.2) is 34.9 Å². The highest BCUT2D eigenvalue weighted by Crippen LogP contribution is 2.34. The summed E-state index contributed by atoms with van der Waals surface area (Å²) in [5.41, 5.74) is 1.11. The number of halogens is 1. The molecule has 0 unspecified atom stereocenters. The molecule has 0 bridgehead atoms. The molecule has 6 nitrogen and oxygen atoms in total. The average Bonchev–Trinajstić information content (AvgIpc) is 3.13. The Labute approximate surface area is 133 Å². The van der Waals surface area contributed by atoms with E-state index >= 15 is 0 Å². The molecule has 120 valence electrons. The van der Waals surface area contributed by atoms with Crippen molar-refractivity contribution in [2.75, 3.05) is 13.7 Å². The highest BCUT2D eigenvalue weighted by atomic mass is 19.1. The van der Waals surface area contributed by atoms with Gasteiger partial charge in [0.05, 0.1) is 23.8 Å². The van der Waals surface area contributed by atoms with Crippen molar-refractivity contribution in [3.8, 4) is 6.07 Å². The first-order valence-corrected chi connectivity index (χ1v) is 7.36. The number of rotatable bonds is 4. The Bertz CT molecular complexity index is 740. The van der Waals surface area contributed by atoms with Crippen LogP contribution in [0.25, 0.3) is 0 Å². The van der Waals surface area contributed by atoms with Gasteiger partial charge in [-0.15, -0.1) is 10.2 Å². The number of aromatic nitrogens is 2. The van der Waals surface area contributed by atoms with Gasteiger partial charge in [0, 0.05) is 27.1 Å². The zero-order chi connectivity index (χ0) is 16.4. The van der Waals surface area contributed by atoms with Crippen LogP contribution in [0.5, 0.6) is 0 Å². The number of aryl methyl sites for hydroxylation is 1. The van der Waals surface area contributed by atoms with Crippen LogP contribution in [0, 0.1) is 24.1 Å². The normalized spacial score (nSPS) is 21.5. The van der Waals surface area contributed by atoms with Crippen LogP contribution in [0.15, 0.2) is 22.6 Å². The van der Waals surface area contributed by atoms with E-state index in [4.69, 9.17) is 9.15 Å². The summed E-state index contributed by atoms with van der Waals surface area (Å²) in [4.78, 5) is 2.08. The largest absolute Gasteiger partial charge is 0.424 e. The molecule has 0 saturated carbocycles. The number of hydrogen-bond acceptors (Lipinski definition) is 6. The molecule has 0 radical (unpaired) electrons. The number of methoxy groups -OCH3 is 1. The van der Waals surface area contributed by atoms with Crippen LogP contribution in [0.1, 0.15) is 35.4 Å². The summed E-state index contributed by atoms with van der Waals surface area (Å²) in [6.45, 7) is 2.82. The smallest absolute Gasteiger partial charge is 0.233 e. The molecule has 2 aromatic rings. The first kappa shape index (κ1) is 15.6. The van der Waals surface area contributed by atoms with E-state index in [9.17, 15) is 9.65 Å². The molecule has 1 saturated heterocycles. The van der Waals surface area contributed by atoms with E-state index in [-0.39, 0.29) is 18.0 Å². The lowest BCUT2D eigenvalue weighted by Gasteiger charge is -2.22. The molecular formula is C16H17FN4O2. The Morgan fingerprint density at radius 2 is 2.30 bits per heavy atom. The van der Waals surface area contributed by atoms with Crippen LogP contribution in [0.2, 0.25) is 0 Å². The average molecular weight is 316 g/mol. The number of nitrogens with zero attached hydrogens (tertiary/aromatic N) is 4. The van der Waals surface area contributed by atoms with Gasteiger partial charge in [-0.1, -0.05) is 0 Å². The Morgan fingerprint density at radius 3 is 2.96 bits per heavy atom. The Morgan fingerprint density at radius 1 is 1.48 bits per heavy atom. The summed E-state index contributed by atoms with van der Waals surface area (Å²) in [5, 5.41) is 17.2. The number of hydrogen-bond donors (Lipinski definition) is 0. The molecule has 3 rings (SSSR count). The van der Waals surface area contributed by atoms with Gasteiger partial charge in [-0.25, -0.2) is 4.39 Å². The third-order valence-electron chi connectivity index (χ3n) is 4.09. The Hall–Kier alpha value is -2.30. The highest BCUT2D eigenvalue weighted by Gasteiger charge is 2.36. The van der Waals surface area contributed by atoms with Gasteiger partial charge in [-0.3, -0.25) is 4.90 Å². The number of ether oxygens (including phenoxy) is 1. The summed E-state index contributed by atoms with van der Waals surface area (Å²) in [5.74, 6) is 0.674. The Kier molecular flexibility index (Phi) is 4.37. The molecule has 0 amide bonds. The molecule has 7 heteroatoms. The van der Waals surface area contributed by atoms with Crippen molar-refractivity contribution in [1.82, 2.24) is 15.1 Å². The minimum atomic E-state index is -0.355. The third kappa shape index (κ3) is 3.23. The van der Waals surface area contributed by atoms with Gasteiger partial charge in [-0.05, 0) is 30.2 Å². The van der Waals surface area contributed by atoms with Gasteiger partial charge in [0.2, 0.25) is 11.8 Å². The molecule has 0 spiro atoms. The second-order valence-corrected chi connectivity index (χ2v) is 5.61. The Balaban J connectivity index is 1.87. The van der Waals surface area contributed by atoms with Crippen molar-refractivity contribution in [3.05, 3.63) is 46.9 Å². The van der Waals surface area contributed by atoms with E-state index in [0.29, 0.717) is 36.0 Å². The molecule has 0 N–H and O–H groups in total. The molecule has 2 heterocycles. The van der Waals surface area contributed by atoms with Crippen molar-refractivity contribution in [2.24, 2.45) is 0 Å². The van der Waals surface area contributed by atoms with Crippen molar-refractivity contribution >= 4 is 0 Å². The second-order valence-electron chi connectivity index (χ2n) is 5.61. The van der Waals surface area contributed by atoms with Crippen molar-refractivity contribution in [3.63, 3.8) is 0 Å². The lowest BCUT2D eigenvalue weighted by molar-refractivity contribution is 0.107. The van der Waals surface area contributed by atoms with E-state index in [0.717, 1.165) is 6.42 Å². The van der Waals surface area contributed by atoms with Crippen LogP contribution in [-0.2, 0) is 11.3 Å². The molecule has 1 aliphatic rings. The molecule has 1 aromatic carbocycles. The number of likely N-dealkylation sites (tertiary alicyclic amines) is 1. The van der Waals surface area contributed by atoms with E-state index in [1.54, 1.807) is 14.0 Å². The zero-order valence-electron chi connectivity index (χ0n) is 13.0. The van der Waals surface area contributed by atoms with Crippen LogP contribution < -0.4 is 0 Å². The van der Waals surface area contributed by atoms with Gasteiger partial charge in [0.1, 0.15) is 5.82 Å². The van der Waals surface area contributed by atoms with Crippen molar-refractivity contribution in [1.29, 1.82) is 5.26 Å². The standard InChI is InChI=1S/C16H17FN4O2/c1-10-19-20-16(23-10)15-6-14(22-2)9-21(15)8-12-5-13(17)4-3-11(12)7-18/h3-5,14-15H,6,8-9H2,1-2H3/t14-,15+/m0/s1. The summed E-state index contributed by atoms with van der Waals surface area (Å²) in [6, 6.07) is 6.20. The van der Waals surface area contributed by atoms with Crippen LogP contribution in [0.3, 0.4) is 0 Å². The van der Waals surface area contributed by atoms with Crippen molar-refractivity contribution < 1.29 is 13.5 Å². The number of nitriles is 1. The fourth-order valence-electron chi connectivity index (χ4n) is 2.93. The van der Waals surface area contributed by atoms with Gasteiger partial charge in [0.25, 0.3) is 0 Å². The molecule has 2 atom stereocenters. The monoisotopic (exact) mass is 316 g/mol. The van der Waals surface area contributed by atoms with Gasteiger partial charge < -0.3 is 9.15 Å². The minimum absolute atomic E-state index is 0.0336. The van der Waals surface area contributed by atoms with Crippen molar-refractivity contribution in [2.45, 2.75) is 32.0 Å². The summed E-state index contributed by atoms with van der Waals surface area (Å²) < 4.78 is 24.5. The minimum Gasteiger partial charge on any atom is -0.424 e. The fourth-order valence-corrected chi connectivity index (χ4v) is 2.93. The van der Waals surface area contributed by atoms with E-state index in [2.05, 4.69) is 21.2 Å². The maximum atomic E-state index is 13.5. The molecule has 1 fully saturated rings. The highest BCUT2D eigenvalue weighted by molar-refractivity contribution is 5.38. The summed E-state index contributed by atoms with van der Waals surface area (Å²) >= 11 is 0. The van der Waals surface area contributed by atoms with Gasteiger partial charge in [-0.2, -0.15) is 5.26 Å². The summed E-state index contributed by atoms with van der Waals surface area (Å²) in [7, 11) is 1.66. The predicted molar refractivity (Wildman–Crippen MR) is 78.7 cm³/mol. The molecule has 0 aliphatic carbocycles. The predicted octanol–water partition coefficient (Wildman–Crippen LogP) is 2.35. The zero-order valence-corrected chi connectivity index (χ0v) is 13.0.